The van der Waals surface area contributed by atoms with Gasteiger partial charge in [0.05, 0.1) is 5.56 Å². The molecule has 0 spiro atoms. The number of hydrogen-bond acceptors (Lipinski definition) is 4. The molecule has 0 radical (unpaired) electrons. The quantitative estimate of drug-likeness (QED) is 0.426. The minimum absolute atomic E-state index is 0.231. The van der Waals surface area contributed by atoms with Crippen LogP contribution >= 0.6 is 0 Å². The molecule has 0 aliphatic carbocycles. The smallest absolute Gasteiger partial charge is 0.278 e. The summed E-state index contributed by atoms with van der Waals surface area (Å²) < 4.78 is 3.16. The van der Waals surface area contributed by atoms with Crippen LogP contribution in [0.3, 0.4) is 0 Å². The number of nitriles is 1. The molecular formula is C18H14N6O+2. The molecule has 7 heteroatoms. The van der Waals surface area contributed by atoms with E-state index >= 15 is 0 Å². The standard InChI is InChI=1S/C18H12N6O/c19-9-13-8-14-17(22-15-5-1-2-7-23(15)18(14)25)24(16(13)20)11-12-4-3-6-21-10-12/h1-8,10,20H,11H2/p+2. The second kappa shape index (κ2) is 5.69. The fraction of sp³-hybridized carbons (Fsp3) is 0.0556. The van der Waals surface area contributed by atoms with Crippen molar-refractivity contribution in [1.29, 1.82) is 5.26 Å². The van der Waals surface area contributed by atoms with Crippen LogP contribution < -0.4 is 20.8 Å². The summed E-state index contributed by atoms with van der Waals surface area (Å²) >= 11 is 0. The largest absolute Gasteiger partial charge is 0.317 e. The molecule has 0 aromatic carbocycles. The first-order valence-corrected chi connectivity index (χ1v) is 7.67. The van der Waals surface area contributed by atoms with Gasteiger partial charge in [-0.3, -0.25) is 9.20 Å². The van der Waals surface area contributed by atoms with Crippen molar-refractivity contribution >= 4 is 22.5 Å². The van der Waals surface area contributed by atoms with E-state index in [4.69, 9.17) is 5.73 Å². The van der Waals surface area contributed by atoms with Gasteiger partial charge in [0, 0.05) is 12.3 Å². The molecule has 120 valence electrons. The molecule has 0 bridgehead atoms. The summed E-state index contributed by atoms with van der Waals surface area (Å²) in [6.07, 6.45) is 5.30. The number of H-pyrrole nitrogens is 1. The Bertz CT molecular complexity index is 1210. The van der Waals surface area contributed by atoms with Gasteiger partial charge in [-0.2, -0.15) is 5.26 Å². The van der Waals surface area contributed by atoms with E-state index in [2.05, 4.69) is 16.0 Å². The van der Waals surface area contributed by atoms with Crippen LogP contribution in [0.15, 0.2) is 59.8 Å². The van der Waals surface area contributed by atoms with Crippen LogP contribution in [0.1, 0.15) is 11.1 Å². The number of anilines is 1. The van der Waals surface area contributed by atoms with Gasteiger partial charge in [-0.1, -0.05) is 11.1 Å². The maximum atomic E-state index is 12.8. The van der Waals surface area contributed by atoms with Crippen LogP contribution in [-0.2, 0) is 6.54 Å². The van der Waals surface area contributed by atoms with E-state index in [0.29, 0.717) is 23.2 Å². The molecule has 0 amide bonds. The summed E-state index contributed by atoms with van der Waals surface area (Å²) in [6, 6.07) is 12.7. The van der Waals surface area contributed by atoms with Crippen molar-refractivity contribution in [1.82, 2.24) is 9.38 Å². The summed E-state index contributed by atoms with van der Waals surface area (Å²) in [4.78, 5) is 20.4. The third kappa shape index (κ3) is 2.37. The first kappa shape index (κ1) is 14.8. The molecule has 0 aliphatic rings. The van der Waals surface area contributed by atoms with Gasteiger partial charge in [-0.15, -0.1) is 0 Å². The zero-order chi connectivity index (χ0) is 17.4. The molecule has 0 fully saturated rings. The Labute approximate surface area is 142 Å². The molecule has 0 unspecified atom stereocenters. The Morgan fingerprint density at radius 1 is 1.32 bits per heavy atom. The second-order valence-corrected chi connectivity index (χ2v) is 5.64. The fourth-order valence-electron chi connectivity index (χ4n) is 2.86. The Morgan fingerprint density at radius 2 is 2.20 bits per heavy atom. The van der Waals surface area contributed by atoms with Gasteiger partial charge in [-0.25, -0.2) is 9.55 Å². The van der Waals surface area contributed by atoms with E-state index in [-0.39, 0.29) is 16.9 Å². The Hall–Kier alpha value is -3.79. The third-order valence-corrected chi connectivity index (χ3v) is 4.09. The van der Waals surface area contributed by atoms with Crippen molar-refractivity contribution < 1.29 is 9.55 Å². The number of pyridine rings is 3. The average molecular weight is 330 g/mol. The highest BCUT2D eigenvalue weighted by Gasteiger charge is 2.21. The van der Waals surface area contributed by atoms with Gasteiger partial charge in [0.25, 0.3) is 11.2 Å². The first-order chi connectivity index (χ1) is 12.2. The van der Waals surface area contributed by atoms with Crippen molar-refractivity contribution in [2.75, 3.05) is 5.73 Å². The lowest BCUT2D eigenvalue weighted by Crippen LogP contribution is -2.41. The molecule has 3 N–H and O–H groups in total. The summed E-state index contributed by atoms with van der Waals surface area (Å²) in [5.74, 6) is 0.283. The number of nitrogens with one attached hydrogen (secondary N) is 1. The van der Waals surface area contributed by atoms with Gasteiger partial charge in [-0.05, 0) is 24.3 Å². The highest BCUT2D eigenvalue weighted by atomic mass is 16.1. The predicted octanol–water partition coefficient (Wildman–Crippen LogP) is 0.451. The minimum atomic E-state index is -0.231. The van der Waals surface area contributed by atoms with E-state index in [1.54, 1.807) is 29.1 Å². The van der Waals surface area contributed by atoms with Crippen LogP contribution in [0.4, 0.5) is 5.82 Å². The molecular weight excluding hydrogens is 316 g/mol. The zero-order valence-corrected chi connectivity index (χ0v) is 13.2. The number of hydrogen-bond donors (Lipinski definition) is 1. The number of aromatic amines is 1. The van der Waals surface area contributed by atoms with E-state index in [0.717, 1.165) is 5.56 Å². The Morgan fingerprint density at radius 3 is 2.96 bits per heavy atom. The van der Waals surface area contributed by atoms with Crippen LogP contribution in [0.5, 0.6) is 0 Å². The lowest BCUT2D eigenvalue weighted by atomic mass is 10.2. The number of nitrogen functional groups attached to an aromatic ring is 1. The molecule has 4 heterocycles. The average Bonchev–Trinajstić information content (AvgIpc) is 2.65. The lowest BCUT2D eigenvalue weighted by molar-refractivity contribution is -0.650. The van der Waals surface area contributed by atoms with Crippen molar-refractivity contribution in [2.24, 2.45) is 0 Å². The van der Waals surface area contributed by atoms with Gasteiger partial charge in [0.15, 0.2) is 12.4 Å². The lowest BCUT2D eigenvalue weighted by Gasteiger charge is -2.08. The van der Waals surface area contributed by atoms with Crippen molar-refractivity contribution in [3.63, 3.8) is 0 Å². The van der Waals surface area contributed by atoms with Gasteiger partial charge in [0.1, 0.15) is 23.6 Å². The molecule has 7 nitrogen and oxygen atoms in total. The molecule has 0 saturated carbocycles. The molecule has 0 atom stereocenters. The van der Waals surface area contributed by atoms with Crippen LogP contribution in [0, 0.1) is 11.3 Å². The first-order valence-electron chi connectivity index (χ1n) is 7.67. The molecule has 4 aromatic rings. The molecule has 4 aromatic heterocycles. The fourth-order valence-corrected chi connectivity index (χ4v) is 2.86. The van der Waals surface area contributed by atoms with Gasteiger partial charge < -0.3 is 5.73 Å². The SMILES string of the molecule is N#Cc1cc2c(=O)n3ccccc3nc2[n+](Cc2ccc[nH+]c2)c1N. The topological polar surface area (TPSA) is 102 Å². The van der Waals surface area contributed by atoms with Crippen LogP contribution in [0.25, 0.3) is 16.7 Å². The number of aromatic nitrogens is 4. The maximum Gasteiger partial charge on any atom is 0.278 e. The molecule has 25 heavy (non-hydrogen) atoms. The van der Waals surface area contributed by atoms with E-state index in [1.165, 1.54) is 10.5 Å². The summed E-state index contributed by atoms with van der Waals surface area (Å²) in [6.45, 7) is 0.393. The van der Waals surface area contributed by atoms with E-state index in [1.807, 2.05) is 24.4 Å². The number of nitrogens with two attached hydrogens (primary N) is 1. The minimum Gasteiger partial charge on any atom is -0.317 e. The molecule has 0 saturated heterocycles. The highest BCUT2D eigenvalue weighted by molar-refractivity contribution is 5.76. The normalized spacial score (nSPS) is 10.8. The van der Waals surface area contributed by atoms with Gasteiger partial charge >= 0.3 is 0 Å². The number of nitrogens with zero attached hydrogens (tertiary/aromatic N) is 4. The number of rotatable bonds is 2. The second-order valence-electron chi connectivity index (χ2n) is 5.64. The summed E-state index contributed by atoms with van der Waals surface area (Å²) in [5, 5.41) is 9.75. The molecule has 0 aliphatic heterocycles. The van der Waals surface area contributed by atoms with Crippen molar-refractivity contribution in [3.8, 4) is 6.07 Å². The van der Waals surface area contributed by atoms with Crippen molar-refractivity contribution in [3.05, 3.63) is 76.5 Å². The number of fused-ring (bicyclic) bond motifs is 2. The summed E-state index contributed by atoms with van der Waals surface area (Å²) in [5.41, 5.74) is 8.13. The maximum absolute atomic E-state index is 12.8. The zero-order valence-electron chi connectivity index (χ0n) is 13.2. The predicted molar refractivity (Wildman–Crippen MR) is 90.4 cm³/mol. The third-order valence-electron chi connectivity index (χ3n) is 4.09. The molecule has 4 rings (SSSR count). The Balaban J connectivity index is 2.10. The highest BCUT2D eigenvalue weighted by Crippen LogP contribution is 2.14. The van der Waals surface area contributed by atoms with Gasteiger partial charge in [0.2, 0.25) is 11.5 Å². The van der Waals surface area contributed by atoms with Crippen LogP contribution in [0.2, 0.25) is 0 Å². The van der Waals surface area contributed by atoms with Crippen molar-refractivity contribution in [2.45, 2.75) is 6.54 Å². The van der Waals surface area contributed by atoms with Crippen LogP contribution in [-0.4, -0.2) is 9.38 Å². The summed E-state index contributed by atoms with van der Waals surface area (Å²) in [7, 11) is 0. The van der Waals surface area contributed by atoms with E-state index < -0.39 is 0 Å². The Kier molecular flexibility index (Phi) is 3.36. The monoisotopic (exact) mass is 330 g/mol. The van der Waals surface area contributed by atoms with E-state index in [9.17, 15) is 10.1 Å².